The highest BCUT2D eigenvalue weighted by molar-refractivity contribution is 5.80. The van der Waals surface area contributed by atoms with E-state index in [-0.39, 0.29) is 17.9 Å². The van der Waals surface area contributed by atoms with Gasteiger partial charge in [-0.2, -0.15) is 0 Å². The third-order valence-corrected chi connectivity index (χ3v) is 5.02. The number of carbonyl (C=O) groups is 1. The number of likely N-dealkylation sites (N-methyl/N-ethyl adjacent to an activating group) is 1. The average Bonchev–Trinajstić information content (AvgIpc) is 3.17. The highest BCUT2D eigenvalue weighted by atomic mass is 16.6. The summed E-state index contributed by atoms with van der Waals surface area (Å²) in [5.74, 6) is 3.03. The zero-order valence-electron chi connectivity index (χ0n) is 12.8. The lowest BCUT2D eigenvalue weighted by atomic mass is 9.92. The number of benzene rings is 1. The molecule has 2 bridgehead atoms. The summed E-state index contributed by atoms with van der Waals surface area (Å²) in [7, 11) is 1.88. The molecule has 1 aliphatic heterocycles. The van der Waals surface area contributed by atoms with Crippen molar-refractivity contribution in [2.75, 3.05) is 20.2 Å². The Hall–Kier alpha value is -1.97. The largest absolute Gasteiger partial charge is 0.486 e. The van der Waals surface area contributed by atoms with Gasteiger partial charge >= 0.3 is 0 Å². The van der Waals surface area contributed by atoms with Gasteiger partial charge in [-0.15, -0.1) is 0 Å². The molecule has 0 N–H and O–H groups in total. The van der Waals surface area contributed by atoms with E-state index in [0.29, 0.717) is 25.0 Å². The summed E-state index contributed by atoms with van der Waals surface area (Å²) in [5.41, 5.74) is 0. The van der Waals surface area contributed by atoms with Gasteiger partial charge in [-0.05, 0) is 36.8 Å². The number of allylic oxidation sites excluding steroid dienone is 2. The second-order valence-electron chi connectivity index (χ2n) is 6.60. The minimum atomic E-state index is -0.0991. The highest BCUT2D eigenvalue weighted by Crippen LogP contribution is 2.44. The molecule has 1 amide bonds. The van der Waals surface area contributed by atoms with Crippen LogP contribution in [0, 0.1) is 17.8 Å². The van der Waals surface area contributed by atoms with Crippen LogP contribution in [0.3, 0.4) is 0 Å². The number of ether oxygens (including phenoxy) is 2. The van der Waals surface area contributed by atoms with Crippen LogP contribution in [-0.2, 0) is 4.79 Å². The zero-order chi connectivity index (χ0) is 15.1. The predicted octanol–water partition coefficient (Wildman–Crippen LogP) is 2.50. The molecule has 4 heteroatoms. The molecule has 3 aliphatic rings. The Kier molecular flexibility index (Phi) is 3.32. The van der Waals surface area contributed by atoms with Crippen molar-refractivity contribution in [3.63, 3.8) is 0 Å². The summed E-state index contributed by atoms with van der Waals surface area (Å²) < 4.78 is 11.7. The molecule has 1 saturated carbocycles. The molecule has 116 valence electrons. The van der Waals surface area contributed by atoms with E-state index < -0.39 is 0 Å². The van der Waals surface area contributed by atoms with Gasteiger partial charge in [-0.3, -0.25) is 4.79 Å². The maximum atomic E-state index is 12.7. The van der Waals surface area contributed by atoms with E-state index in [4.69, 9.17) is 9.47 Å². The van der Waals surface area contributed by atoms with E-state index in [2.05, 4.69) is 12.2 Å². The molecule has 22 heavy (non-hydrogen) atoms. The van der Waals surface area contributed by atoms with Crippen molar-refractivity contribution < 1.29 is 14.3 Å². The Balaban J connectivity index is 1.37. The summed E-state index contributed by atoms with van der Waals surface area (Å²) in [6, 6.07) is 7.67. The van der Waals surface area contributed by atoms with Gasteiger partial charge in [0.15, 0.2) is 17.6 Å². The van der Waals surface area contributed by atoms with E-state index in [0.717, 1.165) is 24.3 Å². The molecule has 0 spiro atoms. The third-order valence-electron chi connectivity index (χ3n) is 5.02. The van der Waals surface area contributed by atoms with Crippen LogP contribution in [-0.4, -0.2) is 37.1 Å². The zero-order valence-corrected chi connectivity index (χ0v) is 12.8. The van der Waals surface area contributed by atoms with Crippen molar-refractivity contribution in [2.45, 2.75) is 18.9 Å². The second kappa shape index (κ2) is 5.34. The maximum Gasteiger partial charge on any atom is 0.226 e. The number of hydrogen-bond donors (Lipinski definition) is 0. The maximum absolute atomic E-state index is 12.7. The van der Waals surface area contributed by atoms with E-state index in [1.54, 1.807) is 0 Å². The molecule has 2 aliphatic carbocycles. The van der Waals surface area contributed by atoms with E-state index in [1.165, 1.54) is 0 Å². The highest BCUT2D eigenvalue weighted by Gasteiger charge is 2.41. The van der Waals surface area contributed by atoms with Gasteiger partial charge < -0.3 is 14.4 Å². The van der Waals surface area contributed by atoms with E-state index in [9.17, 15) is 4.79 Å². The van der Waals surface area contributed by atoms with Crippen molar-refractivity contribution in [1.82, 2.24) is 4.90 Å². The summed E-state index contributed by atoms with van der Waals surface area (Å²) in [4.78, 5) is 14.5. The number of amides is 1. The fourth-order valence-corrected chi connectivity index (χ4v) is 3.90. The van der Waals surface area contributed by atoms with Gasteiger partial charge in [-0.25, -0.2) is 0 Å². The lowest BCUT2D eigenvalue weighted by molar-refractivity contribution is -0.136. The van der Waals surface area contributed by atoms with Gasteiger partial charge in [0.05, 0.1) is 6.54 Å². The Labute approximate surface area is 130 Å². The summed E-state index contributed by atoms with van der Waals surface area (Å²) in [6.07, 6.45) is 6.55. The molecule has 4 atom stereocenters. The van der Waals surface area contributed by atoms with Crippen LogP contribution in [0.15, 0.2) is 36.4 Å². The molecule has 1 aromatic carbocycles. The number of para-hydroxylation sites is 2. The molecule has 4 unspecified atom stereocenters. The summed E-state index contributed by atoms with van der Waals surface area (Å²) in [6.45, 7) is 1.07. The predicted molar refractivity (Wildman–Crippen MR) is 82.8 cm³/mol. The number of rotatable bonds is 3. The van der Waals surface area contributed by atoms with Gasteiger partial charge in [0, 0.05) is 13.0 Å². The number of nitrogens with zero attached hydrogens (tertiary/aromatic N) is 1. The van der Waals surface area contributed by atoms with Crippen LogP contribution >= 0.6 is 0 Å². The molecular formula is C18H21NO3. The monoisotopic (exact) mass is 299 g/mol. The summed E-state index contributed by atoms with van der Waals surface area (Å²) >= 11 is 0. The molecule has 1 heterocycles. The molecule has 0 aromatic heterocycles. The Morgan fingerprint density at radius 2 is 2.05 bits per heavy atom. The first-order valence-corrected chi connectivity index (χ1v) is 8.02. The smallest absolute Gasteiger partial charge is 0.226 e. The first kappa shape index (κ1) is 13.7. The van der Waals surface area contributed by atoms with Gasteiger partial charge in [0.25, 0.3) is 0 Å². The van der Waals surface area contributed by atoms with Gasteiger partial charge in [-0.1, -0.05) is 24.3 Å². The fraction of sp³-hybridized carbons (Fsp3) is 0.500. The molecule has 1 aromatic rings. The average molecular weight is 299 g/mol. The first-order chi connectivity index (χ1) is 10.7. The minimum absolute atomic E-state index is 0.0991. The lowest BCUT2D eigenvalue weighted by Crippen LogP contribution is -2.44. The Bertz CT molecular complexity index is 612. The van der Waals surface area contributed by atoms with Crippen molar-refractivity contribution in [1.29, 1.82) is 0 Å². The lowest BCUT2D eigenvalue weighted by Gasteiger charge is -2.31. The van der Waals surface area contributed by atoms with Crippen LogP contribution in [0.2, 0.25) is 0 Å². The standard InChI is InChI=1S/C18H21NO3/c1-19(18(20)15-9-12-6-7-13(15)8-12)10-14-11-21-16-4-2-3-5-17(16)22-14/h2-7,12-15H,8-11H2,1H3. The van der Waals surface area contributed by atoms with Crippen molar-refractivity contribution in [3.05, 3.63) is 36.4 Å². The quantitative estimate of drug-likeness (QED) is 0.805. The van der Waals surface area contributed by atoms with Gasteiger partial charge in [0.1, 0.15) is 6.61 Å². The Morgan fingerprint density at radius 3 is 2.77 bits per heavy atom. The van der Waals surface area contributed by atoms with Crippen LogP contribution in [0.5, 0.6) is 11.5 Å². The van der Waals surface area contributed by atoms with E-state index >= 15 is 0 Å². The molecule has 4 rings (SSSR count). The first-order valence-electron chi connectivity index (χ1n) is 8.02. The molecule has 1 fully saturated rings. The SMILES string of the molecule is CN(CC1COc2ccccc2O1)C(=O)C1CC2C=CC1C2. The van der Waals surface area contributed by atoms with Crippen LogP contribution < -0.4 is 9.47 Å². The van der Waals surface area contributed by atoms with Crippen LogP contribution in [0.4, 0.5) is 0 Å². The molecule has 4 nitrogen and oxygen atoms in total. The van der Waals surface area contributed by atoms with E-state index in [1.807, 2.05) is 36.2 Å². The number of hydrogen-bond acceptors (Lipinski definition) is 3. The topological polar surface area (TPSA) is 38.8 Å². The third kappa shape index (κ3) is 2.36. The van der Waals surface area contributed by atoms with Crippen molar-refractivity contribution in [3.8, 4) is 11.5 Å². The van der Waals surface area contributed by atoms with Crippen LogP contribution in [0.1, 0.15) is 12.8 Å². The molecule has 0 radical (unpaired) electrons. The normalized spacial score (nSPS) is 31.3. The van der Waals surface area contributed by atoms with Crippen LogP contribution in [0.25, 0.3) is 0 Å². The number of carbonyl (C=O) groups excluding carboxylic acids is 1. The van der Waals surface area contributed by atoms with Crippen molar-refractivity contribution in [2.24, 2.45) is 17.8 Å². The minimum Gasteiger partial charge on any atom is -0.486 e. The molecular weight excluding hydrogens is 278 g/mol. The molecule has 0 saturated heterocycles. The van der Waals surface area contributed by atoms with Gasteiger partial charge in [0.2, 0.25) is 5.91 Å². The van der Waals surface area contributed by atoms with Crippen molar-refractivity contribution >= 4 is 5.91 Å². The summed E-state index contributed by atoms with van der Waals surface area (Å²) in [5, 5.41) is 0. The Morgan fingerprint density at radius 1 is 1.23 bits per heavy atom. The fourth-order valence-electron chi connectivity index (χ4n) is 3.90. The number of fused-ring (bicyclic) bond motifs is 3. The second-order valence-corrected chi connectivity index (χ2v) is 6.60.